The molecule has 2 aromatic rings. The summed E-state index contributed by atoms with van der Waals surface area (Å²) < 4.78 is 2.15. The predicted octanol–water partition coefficient (Wildman–Crippen LogP) is 3.58. The van der Waals surface area contributed by atoms with Gasteiger partial charge in [0.2, 0.25) is 0 Å². The van der Waals surface area contributed by atoms with Crippen LogP contribution in [-0.2, 0) is 9.59 Å². The van der Waals surface area contributed by atoms with E-state index in [-0.39, 0.29) is 5.57 Å². The minimum Gasteiger partial charge on any atom is -0.351 e. The van der Waals surface area contributed by atoms with Gasteiger partial charge in [0.25, 0.3) is 11.8 Å². The number of barbiturate groups is 1. The third kappa shape index (κ3) is 3.18. The fourth-order valence-electron chi connectivity index (χ4n) is 3.80. The van der Waals surface area contributed by atoms with E-state index in [1.54, 1.807) is 18.2 Å². The maximum Gasteiger partial charge on any atom is 0.335 e. The quantitative estimate of drug-likeness (QED) is 0.669. The van der Waals surface area contributed by atoms with Crippen LogP contribution in [0.15, 0.2) is 48.3 Å². The van der Waals surface area contributed by atoms with E-state index in [1.807, 2.05) is 37.5 Å². The lowest BCUT2D eigenvalue weighted by molar-refractivity contribution is -0.122. The van der Waals surface area contributed by atoms with Gasteiger partial charge in [-0.2, -0.15) is 0 Å². The van der Waals surface area contributed by atoms with Gasteiger partial charge in [0, 0.05) is 18.4 Å². The molecular formula is C21H21N3O3. The largest absolute Gasteiger partial charge is 0.351 e. The molecule has 0 bridgehead atoms. The number of carbonyl (C=O) groups excluding carboxylic acids is 3. The second-order valence-electron chi connectivity index (χ2n) is 7.07. The maximum atomic E-state index is 12.9. The van der Waals surface area contributed by atoms with E-state index in [0.29, 0.717) is 11.7 Å². The van der Waals surface area contributed by atoms with Crippen molar-refractivity contribution in [3.63, 3.8) is 0 Å². The molecule has 2 heterocycles. The van der Waals surface area contributed by atoms with Gasteiger partial charge in [-0.3, -0.25) is 14.9 Å². The summed E-state index contributed by atoms with van der Waals surface area (Å²) in [6.45, 7) is 1.82. The SMILES string of the molecule is Cc1ccccc1N1C(=O)NC(=O)/C(=C/c2ccn(C3CCCC3)c2)C1=O. The fourth-order valence-corrected chi connectivity index (χ4v) is 3.80. The molecule has 1 saturated carbocycles. The van der Waals surface area contributed by atoms with Crippen LogP contribution in [0.3, 0.4) is 0 Å². The molecule has 27 heavy (non-hydrogen) atoms. The molecule has 138 valence electrons. The standard InChI is InChI=1S/C21H21N3O3/c1-14-6-2-5-9-18(14)24-20(26)17(19(25)22-21(24)27)12-15-10-11-23(13-15)16-7-3-4-8-16/h2,5-6,9-13,16H,3-4,7-8H2,1H3,(H,22,25,27)/b17-12-. The van der Waals surface area contributed by atoms with Gasteiger partial charge >= 0.3 is 6.03 Å². The van der Waals surface area contributed by atoms with Crippen molar-refractivity contribution in [3.8, 4) is 0 Å². The van der Waals surface area contributed by atoms with Gasteiger partial charge in [-0.25, -0.2) is 9.69 Å². The Kier molecular flexibility index (Phi) is 4.39. The van der Waals surface area contributed by atoms with Crippen molar-refractivity contribution in [2.75, 3.05) is 4.90 Å². The number of hydrogen-bond acceptors (Lipinski definition) is 3. The summed E-state index contributed by atoms with van der Waals surface area (Å²) in [4.78, 5) is 38.5. The van der Waals surface area contributed by atoms with E-state index in [9.17, 15) is 14.4 Å². The predicted molar refractivity (Wildman–Crippen MR) is 102 cm³/mol. The average molecular weight is 363 g/mol. The molecule has 6 nitrogen and oxygen atoms in total. The molecule has 1 aromatic carbocycles. The highest BCUT2D eigenvalue weighted by Gasteiger charge is 2.37. The number of nitrogens with one attached hydrogen (secondary N) is 1. The second-order valence-corrected chi connectivity index (χ2v) is 7.07. The number of urea groups is 1. The van der Waals surface area contributed by atoms with Crippen LogP contribution in [-0.4, -0.2) is 22.4 Å². The summed E-state index contributed by atoms with van der Waals surface area (Å²) in [7, 11) is 0. The Morgan fingerprint density at radius 3 is 2.56 bits per heavy atom. The third-order valence-electron chi connectivity index (χ3n) is 5.25. The zero-order valence-corrected chi connectivity index (χ0v) is 15.1. The number of imide groups is 2. The first kappa shape index (κ1) is 17.3. The van der Waals surface area contributed by atoms with Gasteiger partial charge in [0.05, 0.1) is 5.69 Å². The molecule has 1 aliphatic heterocycles. The molecule has 2 fully saturated rings. The van der Waals surface area contributed by atoms with Crippen LogP contribution in [0.1, 0.15) is 42.9 Å². The van der Waals surface area contributed by atoms with Crippen molar-refractivity contribution in [1.29, 1.82) is 0 Å². The Hall–Kier alpha value is -3.15. The first-order valence-corrected chi connectivity index (χ1v) is 9.19. The number of hydrogen-bond donors (Lipinski definition) is 1. The Bertz CT molecular complexity index is 951. The number of aryl methyl sites for hydroxylation is 1. The number of amides is 4. The van der Waals surface area contributed by atoms with E-state index < -0.39 is 17.8 Å². The first-order chi connectivity index (χ1) is 13.0. The highest BCUT2D eigenvalue weighted by atomic mass is 16.2. The summed E-state index contributed by atoms with van der Waals surface area (Å²) in [6.07, 6.45) is 10.3. The minimum absolute atomic E-state index is 0.0398. The first-order valence-electron chi connectivity index (χ1n) is 9.19. The van der Waals surface area contributed by atoms with Crippen LogP contribution in [0.5, 0.6) is 0 Å². The number of aromatic nitrogens is 1. The monoisotopic (exact) mass is 363 g/mol. The molecule has 0 radical (unpaired) electrons. The Morgan fingerprint density at radius 1 is 1.07 bits per heavy atom. The van der Waals surface area contributed by atoms with E-state index in [4.69, 9.17) is 0 Å². The van der Waals surface area contributed by atoms with Crippen molar-refractivity contribution in [1.82, 2.24) is 9.88 Å². The van der Waals surface area contributed by atoms with E-state index in [2.05, 4.69) is 9.88 Å². The number of anilines is 1. The molecule has 2 aliphatic rings. The summed E-state index contributed by atoms with van der Waals surface area (Å²) in [5.74, 6) is -1.27. The Morgan fingerprint density at radius 2 is 1.81 bits per heavy atom. The highest BCUT2D eigenvalue weighted by Crippen LogP contribution is 2.30. The van der Waals surface area contributed by atoms with Crippen molar-refractivity contribution in [2.24, 2.45) is 0 Å². The smallest absolute Gasteiger partial charge is 0.335 e. The van der Waals surface area contributed by atoms with Crippen LogP contribution in [0.2, 0.25) is 0 Å². The van der Waals surface area contributed by atoms with Crippen LogP contribution < -0.4 is 10.2 Å². The van der Waals surface area contributed by atoms with Crippen molar-refractivity contribution in [2.45, 2.75) is 38.6 Å². The minimum atomic E-state index is -0.722. The van der Waals surface area contributed by atoms with Gasteiger partial charge in [0.1, 0.15) is 5.57 Å². The Labute approximate surface area is 157 Å². The van der Waals surface area contributed by atoms with Crippen LogP contribution in [0.25, 0.3) is 6.08 Å². The van der Waals surface area contributed by atoms with Gasteiger partial charge in [-0.15, -0.1) is 0 Å². The summed E-state index contributed by atoms with van der Waals surface area (Å²) in [6, 6.07) is 8.75. The number of rotatable bonds is 3. The van der Waals surface area contributed by atoms with Gasteiger partial charge in [-0.1, -0.05) is 31.0 Å². The number of nitrogens with zero attached hydrogens (tertiary/aromatic N) is 2. The van der Waals surface area contributed by atoms with E-state index in [1.165, 1.54) is 12.8 Å². The molecule has 1 N–H and O–H groups in total. The molecule has 1 aliphatic carbocycles. The lowest BCUT2D eigenvalue weighted by Gasteiger charge is -2.27. The molecular weight excluding hydrogens is 342 g/mol. The number of benzene rings is 1. The molecule has 1 aromatic heterocycles. The lowest BCUT2D eigenvalue weighted by Crippen LogP contribution is -2.54. The van der Waals surface area contributed by atoms with Gasteiger partial charge in [-0.05, 0) is 49.1 Å². The number of para-hydroxylation sites is 1. The van der Waals surface area contributed by atoms with Crippen LogP contribution >= 0.6 is 0 Å². The molecule has 4 rings (SSSR count). The summed E-state index contributed by atoms with van der Waals surface area (Å²) >= 11 is 0. The van der Waals surface area contributed by atoms with E-state index in [0.717, 1.165) is 28.9 Å². The highest BCUT2D eigenvalue weighted by molar-refractivity contribution is 6.39. The van der Waals surface area contributed by atoms with Crippen molar-refractivity contribution >= 4 is 29.6 Å². The van der Waals surface area contributed by atoms with Gasteiger partial charge < -0.3 is 4.57 Å². The normalized spacial score (nSPS) is 19.8. The molecule has 0 atom stereocenters. The van der Waals surface area contributed by atoms with E-state index >= 15 is 0 Å². The molecule has 1 saturated heterocycles. The summed E-state index contributed by atoms with van der Waals surface area (Å²) in [5, 5.41) is 2.27. The fraction of sp³-hybridized carbons (Fsp3) is 0.286. The van der Waals surface area contributed by atoms with Crippen molar-refractivity contribution < 1.29 is 14.4 Å². The molecule has 0 spiro atoms. The second kappa shape index (κ2) is 6.87. The zero-order valence-electron chi connectivity index (χ0n) is 15.1. The Balaban J connectivity index is 1.66. The molecule has 6 heteroatoms. The topological polar surface area (TPSA) is 71.4 Å². The van der Waals surface area contributed by atoms with Crippen molar-refractivity contribution in [3.05, 3.63) is 59.4 Å². The lowest BCUT2D eigenvalue weighted by atomic mass is 10.1. The van der Waals surface area contributed by atoms with Crippen LogP contribution in [0, 0.1) is 6.92 Å². The molecule has 0 unspecified atom stereocenters. The zero-order chi connectivity index (χ0) is 19.0. The number of carbonyl (C=O) groups is 3. The maximum absolute atomic E-state index is 12.9. The van der Waals surface area contributed by atoms with Crippen LogP contribution in [0.4, 0.5) is 10.5 Å². The third-order valence-corrected chi connectivity index (χ3v) is 5.25. The summed E-state index contributed by atoms with van der Waals surface area (Å²) in [5.41, 5.74) is 1.99. The van der Waals surface area contributed by atoms with Gasteiger partial charge in [0.15, 0.2) is 0 Å². The molecule has 4 amide bonds. The average Bonchev–Trinajstić information content (AvgIpc) is 3.31.